The summed E-state index contributed by atoms with van der Waals surface area (Å²) in [5.41, 5.74) is 1.34. The Labute approximate surface area is 160 Å². The maximum atomic E-state index is 2.72. The van der Waals surface area contributed by atoms with Crippen LogP contribution in [-0.4, -0.2) is 48.6 Å². The number of hydrogen-bond acceptors (Lipinski definition) is 2. The molecule has 2 heteroatoms. The highest BCUT2D eigenvalue weighted by molar-refractivity contribution is 4.83. The van der Waals surface area contributed by atoms with Crippen molar-refractivity contribution in [2.45, 2.75) is 96.1 Å². The molecule has 0 aromatic heterocycles. The summed E-state index contributed by atoms with van der Waals surface area (Å²) in [6.07, 6.45) is 0. The zero-order valence-electron chi connectivity index (χ0n) is 20.0. The topological polar surface area (TPSA) is 6.48 Å². The van der Waals surface area contributed by atoms with E-state index < -0.39 is 0 Å². The quantitative estimate of drug-likeness (QED) is 0.540. The number of rotatable bonds is 7. The predicted molar refractivity (Wildman–Crippen MR) is 115 cm³/mol. The lowest BCUT2D eigenvalue weighted by atomic mass is 9.90. The zero-order valence-corrected chi connectivity index (χ0v) is 20.0. The van der Waals surface area contributed by atoms with Crippen LogP contribution in [-0.2, 0) is 0 Å². The first-order valence-electron chi connectivity index (χ1n) is 10.2. The van der Waals surface area contributed by atoms with E-state index >= 15 is 0 Å². The van der Waals surface area contributed by atoms with Crippen LogP contribution in [0.1, 0.15) is 90.0 Å². The first kappa shape index (κ1) is 24.9. The second kappa shape index (κ2) is 8.74. The molecule has 0 aliphatic rings. The molecule has 1 atom stereocenters. The highest BCUT2D eigenvalue weighted by Gasteiger charge is 2.28. The molecular weight excluding hydrogens is 304 g/mol. The van der Waals surface area contributed by atoms with Crippen LogP contribution in [0.3, 0.4) is 0 Å². The van der Waals surface area contributed by atoms with Crippen molar-refractivity contribution in [1.29, 1.82) is 0 Å². The van der Waals surface area contributed by atoms with Crippen LogP contribution in [0.25, 0.3) is 0 Å². The van der Waals surface area contributed by atoms with E-state index in [1.807, 2.05) is 0 Å². The first-order chi connectivity index (χ1) is 10.8. The SMILES string of the molecule is CC(CN(CC(C)(C)C)CC(C)(C)C)N(CC(C)(C)C)CC(C)(C)C. The van der Waals surface area contributed by atoms with Crippen LogP contribution in [0.15, 0.2) is 0 Å². The normalized spacial score (nSPS) is 16.0. The van der Waals surface area contributed by atoms with Crippen LogP contribution in [0.2, 0.25) is 0 Å². The summed E-state index contributed by atoms with van der Waals surface area (Å²) >= 11 is 0. The Hall–Kier alpha value is -0.0800. The molecule has 0 spiro atoms. The molecule has 0 saturated heterocycles. The smallest absolute Gasteiger partial charge is 0.0195 e. The van der Waals surface area contributed by atoms with Gasteiger partial charge in [0.1, 0.15) is 0 Å². The van der Waals surface area contributed by atoms with Gasteiger partial charge in [0.05, 0.1) is 0 Å². The molecule has 0 aromatic carbocycles. The predicted octanol–water partition coefficient (Wildman–Crippen LogP) is 6.16. The van der Waals surface area contributed by atoms with E-state index in [1.54, 1.807) is 0 Å². The summed E-state index contributed by atoms with van der Waals surface area (Å²) in [7, 11) is 0. The van der Waals surface area contributed by atoms with E-state index in [9.17, 15) is 0 Å². The molecule has 25 heavy (non-hydrogen) atoms. The lowest BCUT2D eigenvalue weighted by molar-refractivity contribution is 0.0585. The number of nitrogens with zero attached hydrogens (tertiary/aromatic N) is 2. The summed E-state index contributed by atoms with van der Waals surface area (Å²) in [5, 5.41) is 0. The molecule has 0 rings (SSSR count). The van der Waals surface area contributed by atoms with E-state index in [4.69, 9.17) is 0 Å². The van der Waals surface area contributed by atoms with Gasteiger partial charge in [-0.05, 0) is 28.6 Å². The Bertz CT molecular complexity index is 339. The van der Waals surface area contributed by atoms with Crippen molar-refractivity contribution >= 4 is 0 Å². The molecule has 0 aromatic rings. The summed E-state index contributed by atoms with van der Waals surface area (Å²) in [6, 6.07) is 0.572. The van der Waals surface area contributed by atoms with Gasteiger partial charge in [-0.3, -0.25) is 4.90 Å². The average molecular weight is 355 g/mol. The third-order valence-corrected chi connectivity index (χ3v) is 3.90. The Morgan fingerprint density at radius 2 is 0.800 bits per heavy atom. The minimum atomic E-state index is 0.332. The van der Waals surface area contributed by atoms with E-state index in [0.29, 0.717) is 27.7 Å². The third-order valence-electron chi connectivity index (χ3n) is 3.90. The van der Waals surface area contributed by atoms with Crippen LogP contribution in [0.5, 0.6) is 0 Å². The molecule has 0 amide bonds. The van der Waals surface area contributed by atoms with Crippen molar-refractivity contribution in [1.82, 2.24) is 9.80 Å². The number of hydrogen-bond donors (Lipinski definition) is 0. The van der Waals surface area contributed by atoms with Crippen molar-refractivity contribution in [2.75, 3.05) is 32.7 Å². The van der Waals surface area contributed by atoms with Gasteiger partial charge in [0, 0.05) is 38.8 Å². The molecule has 0 heterocycles. The van der Waals surface area contributed by atoms with Crippen molar-refractivity contribution in [2.24, 2.45) is 21.7 Å². The molecule has 0 fully saturated rings. The Morgan fingerprint density at radius 1 is 0.520 bits per heavy atom. The standard InChI is InChI=1S/C23H50N2/c1-19(25(17-22(8,9)10)18-23(11,12)13)14-24(15-20(2,3)4)16-21(5,6)7/h19H,14-18H2,1-13H3. The zero-order chi connectivity index (χ0) is 20.3. The fourth-order valence-corrected chi connectivity index (χ4v) is 3.60. The van der Waals surface area contributed by atoms with E-state index in [2.05, 4.69) is 99.8 Å². The molecular formula is C23H50N2. The molecule has 0 saturated carbocycles. The van der Waals surface area contributed by atoms with Crippen molar-refractivity contribution < 1.29 is 0 Å². The fraction of sp³-hybridized carbons (Fsp3) is 1.00. The van der Waals surface area contributed by atoms with Crippen molar-refractivity contribution in [3.63, 3.8) is 0 Å². The maximum Gasteiger partial charge on any atom is 0.0195 e. The van der Waals surface area contributed by atoms with Gasteiger partial charge in [0.2, 0.25) is 0 Å². The van der Waals surface area contributed by atoms with Crippen LogP contribution in [0, 0.1) is 21.7 Å². The molecule has 1 unspecified atom stereocenters. The van der Waals surface area contributed by atoms with Gasteiger partial charge in [-0.2, -0.15) is 0 Å². The molecule has 0 aliphatic heterocycles. The second-order valence-corrected chi connectivity index (χ2v) is 13.2. The van der Waals surface area contributed by atoms with Crippen LogP contribution in [0.4, 0.5) is 0 Å². The van der Waals surface area contributed by atoms with Gasteiger partial charge < -0.3 is 4.90 Å². The Balaban J connectivity index is 5.23. The lowest BCUT2D eigenvalue weighted by Crippen LogP contribution is -2.50. The van der Waals surface area contributed by atoms with Gasteiger partial charge in [-0.25, -0.2) is 0 Å². The van der Waals surface area contributed by atoms with Crippen molar-refractivity contribution in [3.8, 4) is 0 Å². The van der Waals surface area contributed by atoms with E-state index in [-0.39, 0.29) is 0 Å². The van der Waals surface area contributed by atoms with Crippen molar-refractivity contribution in [3.05, 3.63) is 0 Å². The summed E-state index contributed by atoms with van der Waals surface area (Å²) in [4.78, 5) is 5.42. The monoisotopic (exact) mass is 354 g/mol. The highest BCUT2D eigenvalue weighted by Crippen LogP contribution is 2.25. The van der Waals surface area contributed by atoms with Crippen LogP contribution >= 0.6 is 0 Å². The Morgan fingerprint density at radius 3 is 1.04 bits per heavy atom. The minimum Gasteiger partial charge on any atom is -0.301 e. The molecule has 0 radical (unpaired) electrons. The molecule has 152 valence electrons. The average Bonchev–Trinajstić information content (AvgIpc) is 2.18. The summed E-state index contributed by atoms with van der Waals surface area (Å²) in [6.45, 7) is 36.5. The first-order valence-corrected chi connectivity index (χ1v) is 10.2. The minimum absolute atomic E-state index is 0.332. The van der Waals surface area contributed by atoms with E-state index in [1.165, 1.54) is 0 Å². The molecule has 2 nitrogen and oxygen atoms in total. The maximum absolute atomic E-state index is 2.72. The Kier molecular flexibility index (Phi) is 8.71. The molecule has 0 bridgehead atoms. The van der Waals surface area contributed by atoms with Gasteiger partial charge in [-0.15, -0.1) is 0 Å². The van der Waals surface area contributed by atoms with Gasteiger partial charge in [-0.1, -0.05) is 83.1 Å². The summed E-state index contributed by atoms with van der Waals surface area (Å²) in [5.74, 6) is 0. The van der Waals surface area contributed by atoms with E-state index in [0.717, 1.165) is 32.7 Å². The largest absolute Gasteiger partial charge is 0.301 e. The molecule has 0 N–H and O–H groups in total. The fourth-order valence-electron chi connectivity index (χ4n) is 3.60. The lowest BCUT2D eigenvalue weighted by Gasteiger charge is -2.42. The third kappa shape index (κ3) is 14.7. The van der Waals surface area contributed by atoms with Gasteiger partial charge in [0.25, 0.3) is 0 Å². The second-order valence-electron chi connectivity index (χ2n) is 13.2. The highest BCUT2D eigenvalue weighted by atomic mass is 15.2. The van der Waals surface area contributed by atoms with Gasteiger partial charge >= 0.3 is 0 Å². The molecule has 0 aliphatic carbocycles. The van der Waals surface area contributed by atoms with Gasteiger partial charge in [0.15, 0.2) is 0 Å². The van der Waals surface area contributed by atoms with Crippen LogP contribution < -0.4 is 0 Å². The summed E-state index contributed by atoms with van der Waals surface area (Å²) < 4.78 is 0.